The lowest BCUT2D eigenvalue weighted by molar-refractivity contribution is 0.232. The average Bonchev–Trinajstić information content (AvgIpc) is 2.79. The van der Waals surface area contributed by atoms with E-state index in [1.165, 1.54) is 23.6 Å². The second kappa shape index (κ2) is 6.33. The van der Waals surface area contributed by atoms with Crippen LogP contribution in [0.2, 0.25) is 0 Å². The Morgan fingerprint density at radius 3 is 3.31 bits per heavy atom. The van der Waals surface area contributed by atoms with Crippen LogP contribution in [0.25, 0.3) is 0 Å². The van der Waals surface area contributed by atoms with Gasteiger partial charge in [0.25, 0.3) is 0 Å². The summed E-state index contributed by atoms with van der Waals surface area (Å²) in [6.45, 7) is 6.68. The third-order valence-electron chi connectivity index (χ3n) is 2.99. The fourth-order valence-electron chi connectivity index (χ4n) is 1.94. The summed E-state index contributed by atoms with van der Waals surface area (Å²) in [5, 5.41) is 3.45. The van der Waals surface area contributed by atoms with E-state index in [9.17, 15) is 0 Å². The molecule has 0 aliphatic carbocycles. The molecule has 1 aliphatic heterocycles. The summed E-state index contributed by atoms with van der Waals surface area (Å²) in [4.78, 5) is 2.57. The second-order valence-electron chi connectivity index (χ2n) is 4.27. The van der Waals surface area contributed by atoms with Gasteiger partial charge in [-0.3, -0.25) is 4.90 Å². The summed E-state index contributed by atoms with van der Waals surface area (Å²) in [5.74, 6) is 2.56. The van der Waals surface area contributed by atoms with Crippen molar-refractivity contribution in [2.75, 3.05) is 31.1 Å². The summed E-state index contributed by atoms with van der Waals surface area (Å²) in [7, 11) is 0. The van der Waals surface area contributed by atoms with Crippen LogP contribution < -0.4 is 5.32 Å². The number of nitrogens with zero attached hydrogens (tertiary/aromatic N) is 1. The molecule has 1 aliphatic rings. The van der Waals surface area contributed by atoms with Crippen molar-refractivity contribution in [3.8, 4) is 0 Å². The molecule has 90 valence electrons. The third-order valence-corrected chi connectivity index (χ3v) is 4.18. The molecule has 4 heteroatoms. The number of hydrogen-bond acceptors (Lipinski definition) is 4. The van der Waals surface area contributed by atoms with Crippen LogP contribution >= 0.6 is 11.8 Å². The van der Waals surface area contributed by atoms with Crippen LogP contribution in [0.1, 0.15) is 12.5 Å². The van der Waals surface area contributed by atoms with E-state index in [0.717, 1.165) is 25.7 Å². The van der Waals surface area contributed by atoms with Crippen LogP contribution in [0.5, 0.6) is 0 Å². The lowest BCUT2D eigenvalue weighted by Gasteiger charge is -2.32. The van der Waals surface area contributed by atoms with E-state index < -0.39 is 0 Å². The third kappa shape index (κ3) is 3.54. The summed E-state index contributed by atoms with van der Waals surface area (Å²) in [6, 6.07) is 2.74. The van der Waals surface area contributed by atoms with E-state index in [1.54, 1.807) is 12.5 Å². The number of nitrogens with one attached hydrogen (secondary N) is 1. The smallest absolute Gasteiger partial charge is 0.0947 e. The summed E-state index contributed by atoms with van der Waals surface area (Å²) < 4.78 is 5.03. The number of furan rings is 1. The Bertz CT molecular complexity index is 289. The highest BCUT2D eigenvalue weighted by molar-refractivity contribution is 7.99. The minimum atomic E-state index is 0.731. The first kappa shape index (κ1) is 12.0. The maximum Gasteiger partial charge on any atom is 0.0947 e. The van der Waals surface area contributed by atoms with Crippen LogP contribution in [-0.4, -0.2) is 42.1 Å². The molecule has 0 spiro atoms. The van der Waals surface area contributed by atoms with Gasteiger partial charge in [-0.1, -0.05) is 0 Å². The van der Waals surface area contributed by atoms with Crippen molar-refractivity contribution >= 4 is 11.8 Å². The van der Waals surface area contributed by atoms with Gasteiger partial charge in [-0.05, 0) is 13.0 Å². The first-order valence-electron chi connectivity index (χ1n) is 5.90. The highest BCUT2D eigenvalue weighted by Gasteiger charge is 2.17. The van der Waals surface area contributed by atoms with Gasteiger partial charge >= 0.3 is 0 Å². The first-order valence-corrected chi connectivity index (χ1v) is 7.05. The second-order valence-corrected chi connectivity index (χ2v) is 5.42. The molecule has 0 bridgehead atoms. The van der Waals surface area contributed by atoms with E-state index >= 15 is 0 Å². The van der Waals surface area contributed by atoms with E-state index in [2.05, 4.69) is 28.9 Å². The zero-order valence-electron chi connectivity index (χ0n) is 9.82. The zero-order chi connectivity index (χ0) is 11.2. The topological polar surface area (TPSA) is 28.4 Å². The van der Waals surface area contributed by atoms with Crippen molar-refractivity contribution in [3.63, 3.8) is 0 Å². The Morgan fingerprint density at radius 2 is 2.56 bits per heavy atom. The van der Waals surface area contributed by atoms with Gasteiger partial charge in [0.15, 0.2) is 0 Å². The van der Waals surface area contributed by atoms with Gasteiger partial charge < -0.3 is 9.73 Å². The van der Waals surface area contributed by atoms with Gasteiger partial charge in [0.05, 0.1) is 12.5 Å². The molecule has 16 heavy (non-hydrogen) atoms. The van der Waals surface area contributed by atoms with Gasteiger partial charge in [-0.25, -0.2) is 0 Å². The Balaban J connectivity index is 1.60. The molecule has 2 rings (SSSR count). The highest BCUT2D eigenvalue weighted by Crippen LogP contribution is 2.14. The van der Waals surface area contributed by atoms with Gasteiger partial charge in [-0.2, -0.15) is 11.8 Å². The van der Waals surface area contributed by atoms with Crippen molar-refractivity contribution in [2.24, 2.45) is 0 Å². The number of hydrogen-bond donors (Lipinski definition) is 1. The number of rotatable bonds is 5. The van der Waals surface area contributed by atoms with Crippen LogP contribution in [0.15, 0.2) is 23.0 Å². The van der Waals surface area contributed by atoms with E-state index in [-0.39, 0.29) is 0 Å². The quantitative estimate of drug-likeness (QED) is 0.795. The summed E-state index contributed by atoms with van der Waals surface area (Å²) in [6.07, 6.45) is 3.52. The molecule has 1 aromatic heterocycles. The monoisotopic (exact) mass is 240 g/mol. The number of thioether (sulfide) groups is 1. The fraction of sp³-hybridized carbons (Fsp3) is 0.667. The predicted octanol–water partition coefficient (Wildman–Crippen LogP) is 1.81. The minimum absolute atomic E-state index is 0.731. The Hall–Kier alpha value is -0.450. The van der Waals surface area contributed by atoms with Crippen molar-refractivity contribution in [3.05, 3.63) is 24.2 Å². The molecule has 1 atom stereocenters. The zero-order valence-corrected chi connectivity index (χ0v) is 10.6. The Kier molecular flexibility index (Phi) is 4.75. The first-order chi connectivity index (χ1) is 7.86. The Labute approximate surface area is 102 Å². The van der Waals surface area contributed by atoms with Crippen LogP contribution in [0, 0.1) is 0 Å². The summed E-state index contributed by atoms with van der Waals surface area (Å²) in [5.41, 5.74) is 1.22. The molecule has 1 fully saturated rings. The summed E-state index contributed by atoms with van der Waals surface area (Å²) >= 11 is 2.07. The molecule has 1 aromatic rings. The molecule has 3 nitrogen and oxygen atoms in total. The minimum Gasteiger partial charge on any atom is -0.472 e. The maximum atomic E-state index is 5.03. The molecule has 1 saturated heterocycles. The lowest BCUT2D eigenvalue weighted by Crippen LogP contribution is -2.43. The molecule has 0 radical (unpaired) electrons. The Morgan fingerprint density at radius 1 is 1.62 bits per heavy atom. The van der Waals surface area contributed by atoms with Crippen molar-refractivity contribution < 1.29 is 4.42 Å². The van der Waals surface area contributed by atoms with Gasteiger partial charge in [0, 0.05) is 49.3 Å². The SMILES string of the molecule is CC1CSCCN1CCNCc1ccoc1. The molecule has 1 N–H and O–H groups in total. The molecule has 0 saturated carbocycles. The standard InChI is InChI=1S/C12H20N2OS/c1-11-10-16-7-5-14(11)4-3-13-8-12-2-6-15-9-12/h2,6,9,11,13H,3-5,7-8,10H2,1H3. The molecule has 0 aromatic carbocycles. The van der Waals surface area contributed by atoms with Crippen molar-refractivity contribution in [2.45, 2.75) is 19.5 Å². The van der Waals surface area contributed by atoms with Crippen LogP contribution in [-0.2, 0) is 6.54 Å². The highest BCUT2D eigenvalue weighted by atomic mass is 32.2. The van der Waals surface area contributed by atoms with Crippen molar-refractivity contribution in [1.82, 2.24) is 10.2 Å². The normalized spacial score (nSPS) is 22.4. The van der Waals surface area contributed by atoms with E-state index in [0.29, 0.717) is 0 Å². The van der Waals surface area contributed by atoms with Gasteiger partial charge in [0.1, 0.15) is 0 Å². The van der Waals surface area contributed by atoms with Crippen LogP contribution in [0.3, 0.4) is 0 Å². The maximum absolute atomic E-state index is 5.03. The molecular weight excluding hydrogens is 220 g/mol. The van der Waals surface area contributed by atoms with Gasteiger partial charge in [-0.15, -0.1) is 0 Å². The van der Waals surface area contributed by atoms with Crippen molar-refractivity contribution in [1.29, 1.82) is 0 Å². The molecule has 0 amide bonds. The fourth-order valence-corrected chi connectivity index (χ4v) is 3.02. The van der Waals surface area contributed by atoms with Crippen LogP contribution in [0.4, 0.5) is 0 Å². The van der Waals surface area contributed by atoms with E-state index in [4.69, 9.17) is 4.42 Å². The van der Waals surface area contributed by atoms with Gasteiger partial charge in [0.2, 0.25) is 0 Å². The molecular formula is C12H20N2OS. The average molecular weight is 240 g/mol. The predicted molar refractivity (Wildman–Crippen MR) is 68.8 cm³/mol. The molecule has 2 heterocycles. The molecule has 1 unspecified atom stereocenters. The lowest BCUT2D eigenvalue weighted by atomic mass is 10.3. The van der Waals surface area contributed by atoms with E-state index in [1.807, 2.05) is 6.07 Å². The largest absolute Gasteiger partial charge is 0.472 e.